The Labute approximate surface area is 91.9 Å². The summed E-state index contributed by atoms with van der Waals surface area (Å²) in [7, 11) is 1.19. The quantitative estimate of drug-likeness (QED) is 0.534. The molecule has 1 rings (SSSR count). The Morgan fingerprint density at radius 3 is 2.31 bits per heavy atom. The van der Waals surface area contributed by atoms with E-state index in [1.807, 2.05) is 0 Å². The smallest absolute Gasteiger partial charge is 0.322 e. The van der Waals surface area contributed by atoms with Gasteiger partial charge in [0.2, 0.25) is 0 Å². The van der Waals surface area contributed by atoms with E-state index in [0.717, 1.165) is 12.1 Å². The van der Waals surface area contributed by atoms with Crippen LogP contribution in [0.3, 0.4) is 0 Å². The van der Waals surface area contributed by atoms with Crippen molar-refractivity contribution in [2.24, 2.45) is 5.73 Å². The van der Waals surface area contributed by atoms with Crippen molar-refractivity contribution in [2.75, 3.05) is 7.11 Å². The molecule has 1 atom stereocenters. The second-order valence-electron chi connectivity index (χ2n) is 3.30. The maximum absolute atomic E-state index is 11.0. The number of carbonyl (C=O) groups excluding carboxylic acids is 1. The predicted octanol–water partition coefficient (Wildman–Crippen LogP) is -0.154. The summed E-state index contributed by atoms with van der Waals surface area (Å²) in [6.07, 6.45) is -0.0788. The number of benzene rings is 1. The molecule has 0 heterocycles. The average Bonchev–Trinajstić information content (AvgIpc) is 2.21. The van der Waals surface area contributed by atoms with Crippen LogP contribution in [0.4, 0.5) is 0 Å². The summed E-state index contributed by atoms with van der Waals surface area (Å²) in [5.41, 5.74) is 5.57. The topological polar surface area (TPSA) is 113 Å². The molecule has 0 radical (unpaired) electrons. The molecule has 88 valence electrons. The summed E-state index contributed by atoms with van der Waals surface area (Å²) in [4.78, 5) is 11.0. The minimum Gasteiger partial charge on any atom is -0.508 e. The number of hydrogen-bond donors (Lipinski definition) is 4. The van der Waals surface area contributed by atoms with Crippen LogP contribution < -0.4 is 5.73 Å². The minimum atomic E-state index is -0.980. The van der Waals surface area contributed by atoms with E-state index in [0.29, 0.717) is 0 Å². The standard InChI is InChI=1S/C10H13NO5/c1-16-10(15)7(11)4-6-8(13)2-5(12)3-9(6)14/h2-3,7,12-14H,4,11H2,1H3. The van der Waals surface area contributed by atoms with Crippen molar-refractivity contribution >= 4 is 5.97 Å². The van der Waals surface area contributed by atoms with Crippen LogP contribution in [0.2, 0.25) is 0 Å². The molecule has 0 aliphatic rings. The first-order valence-corrected chi connectivity index (χ1v) is 4.53. The number of esters is 1. The molecule has 0 amide bonds. The van der Waals surface area contributed by atoms with E-state index in [1.54, 1.807) is 0 Å². The number of aromatic hydroxyl groups is 3. The Balaban J connectivity index is 2.93. The highest BCUT2D eigenvalue weighted by Crippen LogP contribution is 2.32. The lowest BCUT2D eigenvalue weighted by Crippen LogP contribution is -2.33. The van der Waals surface area contributed by atoms with Gasteiger partial charge in [0.15, 0.2) is 0 Å². The Morgan fingerprint density at radius 1 is 1.38 bits per heavy atom. The van der Waals surface area contributed by atoms with E-state index in [1.165, 1.54) is 7.11 Å². The summed E-state index contributed by atoms with van der Waals surface area (Å²) < 4.78 is 4.41. The van der Waals surface area contributed by atoms with Gasteiger partial charge < -0.3 is 25.8 Å². The van der Waals surface area contributed by atoms with Crippen LogP contribution in [-0.4, -0.2) is 34.4 Å². The molecule has 0 saturated carbocycles. The molecule has 0 aliphatic heterocycles. The predicted molar refractivity (Wildman–Crippen MR) is 55.1 cm³/mol. The van der Waals surface area contributed by atoms with E-state index in [9.17, 15) is 15.0 Å². The van der Waals surface area contributed by atoms with Gasteiger partial charge in [-0.15, -0.1) is 0 Å². The highest BCUT2D eigenvalue weighted by molar-refractivity contribution is 5.76. The van der Waals surface area contributed by atoms with Crippen LogP contribution >= 0.6 is 0 Å². The third-order valence-corrected chi connectivity index (χ3v) is 2.12. The highest BCUT2D eigenvalue weighted by Gasteiger charge is 2.19. The Kier molecular flexibility index (Phi) is 3.57. The molecule has 6 heteroatoms. The van der Waals surface area contributed by atoms with Gasteiger partial charge in [-0.2, -0.15) is 0 Å². The van der Waals surface area contributed by atoms with Gasteiger partial charge in [-0.05, 0) is 0 Å². The van der Waals surface area contributed by atoms with Gasteiger partial charge in [0.05, 0.1) is 7.11 Å². The van der Waals surface area contributed by atoms with Crippen molar-refractivity contribution in [1.29, 1.82) is 0 Å². The van der Waals surface area contributed by atoms with Gasteiger partial charge in [0.25, 0.3) is 0 Å². The van der Waals surface area contributed by atoms with Crippen LogP contribution in [0.25, 0.3) is 0 Å². The summed E-state index contributed by atoms with van der Waals surface area (Å²) >= 11 is 0. The largest absolute Gasteiger partial charge is 0.508 e. The first kappa shape index (κ1) is 12.1. The van der Waals surface area contributed by atoms with Crippen LogP contribution in [0.1, 0.15) is 5.56 Å². The molecular formula is C10H13NO5. The van der Waals surface area contributed by atoms with Crippen molar-refractivity contribution in [3.8, 4) is 17.2 Å². The lowest BCUT2D eigenvalue weighted by atomic mass is 10.0. The molecule has 1 unspecified atom stereocenters. The van der Waals surface area contributed by atoms with Crippen LogP contribution in [0.15, 0.2) is 12.1 Å². The van der Waals surface area contributed by atoms with E-state index in [2.05, 4.69) is 4.74 Å². The normalized spacial score (nSPS) is 12.1. The molecule has 0 aliphatic carbocycles. The highest BCUT2D eigenvalue weighted by atomic mass is 16.5. The van der Waals surface area contributed by atoms with E-state index >= 15 is 0 Å². The van der Waals surface area contributed by atoms with Crippen LogP contribution in [0.5, 0.6) is 17.2 Å². The molecular weight excluding hydrogens is 214 g/mol. The summed E-state index contributed by atoms with van der Waals surface area (Å²) in [5, 5.41) is 28.0. The number of phenolic OH excluding ortho intramolecular Hbond substituents is 3. The lowest BCUT2D eigenvalue weighted by Gasteiger charge is -2.12. The third kappa shape index (κ3) is 2.54. The molecule has 0 saturated heterocycles. The average molecular weight is 227 g/mol. The number of phenols is 3. The number of nitrogens with two attached hydrogens (primary N) is 1. The molecule has 0 fully saturated rings. The number of hydrogen-bond acceptors (Lipinski definition) is 6. The van der Waals surface area contributed by atoms with Crippen molar-refractivity contribution in [1.82, 2.24) is 0 Å². The molecule has 0 spiro atoms. The molecule has 1 aromatic carbocycles. The number of rotatable bonds is 3. The van der Waals surface area contributed by atoms with Crippen molar-refractivity contribution in [2.45, 2.75) is 12.5 Å². The monoisotopic (exact) mass is 227 g/mol. The van der Waals surface area contributed by atoms with E-state index < -0.39 is 12.0 Å². The summed E-state index contributed by atoms with van der Waals surface area (Å²) in [6, 6.07) is 1.13. The zero-order chi connectivity index (χ0) is 12.3. The number of ether oxygens (including phenoxy) is 1. The van der Waals surface area contributed by atoms with E-state index in [4.69, 9.17) is 10.8 Å². The molecule has 5 N–H and O–H groups in total. The fraction of sp³-hybridized carbons (Fsp3) is 0.300. The third-order valence-electron chi connectivity index (χ3n) is 2.12. The first-order chi connectivity index (χ1) is 7.45. The lowest BCUT2D eigenvalue weighted by molar-refractivity contribution is -0.142. The maximum Gasteiger partial charge on any atom is 0.322 e. The summed E-state index contributed by atoms with van der Waals surface area (Å²) in [6.45, 7) is 0. The minimum absolute atomic E-state index is 0.0788. The fourth-order valence-electron chi connectivity index (χ4n) is 1.29. The fourth-order valence-corrected chi connectivity index (χ4v) is 1.29. The summed E-state index contributed by atoms with van der Waals surface area (Å²) in [5.74, 6) is -1.56. The van der Waals surface area contributed by atoms with Crippen molar-refractivity contribution < 1.29 is 24.9 Å². The number of methoxy groups -OCH3 is 1. The molecule has 1 aromatic rings. The second-order valence-corrected chi connectivity index (χ2v) is 3.30. The second kappa shape index (κ2) is 4.71. The molecule has 16 heavy (non-hydrogen) atoms. The maximum atomic E-state index is 11.0. The Morgan fingerprint density at radius 2 is 1.88 bits per heavy atom. The zero-order valence-electron chi connectivity index (χ0n) is 8.67. The van der Waals surface area contributed by atoms with Gasteiger partial charge in [0, 0.05) is 24.1 Å². The zero-order valence-corrected chi connectivity index (χ0v) is 8.67. The van der Waals surface area contributed by atoms with Crippen molar-refractivity contribution in [3.05, 3.63) is 17.7 Å². The molecule has 6 nitrogen and oxygen atoms in total. The van der Waals surface area contributed by atoms with Gasteiger partial charge in [-0.3, -0.25) is 4.79 Å². The Hall–Kier alpha value is -1.95. The SMILES string of the molecule is COC(=O)C(N)Cc1c(O)cc(O)cc1O. The number of carbonyl (C=O) groups is 1. The van der Waals surface area contributed by atoms with Crippen LogP contribution in [0, 0.1) is 0 Å². The van der Waals surface area contributed by atoms with Gasteiger partial charge in [0.1, 0.15) is 23.3 Å². The van der Waals surface area contributed by atoms with Crippen LogP contribution in [-0.2, 0) is 16.0 Å². The first-order valence-electron chi connectivity index (χ1n) is 4.53. The molecule has 0 bridgehead atoms. The molecule has 0 aromatic heterocycles. The van der Waals surface area contributed by atoms with E-state index in [-0.39, 0.29) is 29.2 Å². The van der Waals surface area contributed by atoms with Gasteiger partial charge >= 0.3 is 5.97 Å². The van der Waals surface area contributed by atoms with Gasteiger partial charge in [-0.1, -0.05) is 0 Å². The van der Waals surface area contributed by atoms with Gasteiger partial charge in [-0.25, -0.2) is 0 Å². The Bertz CT molecular complexity index is 381. The van der Waals surface area contributed by atoms with Crippen molar-refractivity contribution in [3.63, 3.8) is 0 Å².